The number of halogens is 1. The molecule has 1 heterocycles. The summed E-state index contributed by atoms with van der Waals surface area (Å²) in [6.45, 7) is 8.26. The summed E-state index contributed by atoms with van der Waals surface area (Å²) < 4.78 is 0. The van der Waals surface area contributed by atoms with Crippen molar-refractivity contribution < 1.29 is 4.79 Å². The van der Waals surface area contributed by atoms with Crippen molar-refractivity contribution in [2.45, 2.75) is 45.6 Å². The molecule has 1 aromatic rings. The highest BCUT2D eigenvalue weighted by molar-refractivity contribution is 5.94. The van der Waals surface area contributed by atoms with Crippen LogP contribution in [-0.4, -0.2) is 25.0 Å². The molecule has 0 radical (unpaired) electrons. The van der Waals surface area contributed by atoms with Crippen molar-refractivity contribution in [3.63, 3.8) is 0 Å². The van der Waals surface area contributed by atoms with Gasteiger partial charge in [0.1, 0.15) is 0 Å². The van der Waals surface area contributed by atoms with Crippen LogP contribution in [-0.2, 0) is 0 Å². The Balaban J connectivity index is 0.00000200. The summed E-state index contributed by atoms with van der Waals surface area (Å²) in [5, 5.41) is 6.35. The van der Waals surface area contributed by atoms with Crippen molar-refractivity contribution in [1.82, 2.24) is 10.6 Å². The third kappa shape index (κ3) is 4.22. The third-order valence-corrected chi connectivity index (χ3v) is 3.74. The van der Waals surface area contributed by atoms with Crippen molar-refractivity contribution in [3.05, 3.63) is 34.9 Å². The lowest BCUT2D eigenvalue weighted by Crippen LogP contribution is -2.30. The number of amides is 1. The first-order chi connectivity index (χ1) is 9.08. The van der Waals surface area contributed by atoms with E-state index in [1.54, 1.807) is 0 Å². The van der Waals surface area contributed by atoms with Gasteiger partial charge in [-0.25, -0.2) is 0 Å². The maximum absolute atomic E-state index is 12.1. The number of piperidine rings is 1. The molecule has 1 aliphatic rings. The Labute approximate surface area is 127 Å². The molecule has 3 nitrogen and oxygen atoms in total. The van der Waals surface area contributed by atoms with Gasteiger partial charge in [-0.2, -0.15) is 0 Å². The minimum atomic E-state index is 0. The first-order valence-electron chi connectivity index (χ1n) is 7.20. The Bertz CT molecular complexity index is 454. The predicted molar refractivity (Wildman–Crippen MR) is 85.9 cm³/mol. The van der Waals surface area contributed by atoms with Crippen LogP contribution in [0.25, 0.3) is 0 Å². The van der Waals surface area contributed by atoms with E-state index in [2.05, 4.69) is 29.7 Å². The number of rotatable bonds is 3. The maximum atomic E-state index is 12.1. The second kappa shape index (κ2) is 7.65. The standard InChI is InChI=1S/C16H24N2O.ClH/c1-11(2)18-16(19)14-5-4-12(3)15(10-14)13-6-8-17-9-7-13;/h4-5,10-11,13,17H,6-9H2,1-3H3,(H,18,19);1H. The van der Waals surface area contributed by atoms with Crippen LogP contribution < -0.4 is 10.6 Å². The molecule has 112 valence electrons. The van der Waals surface area contributed by atoms with Gasteiger partial charge < -0.3 is 10.6 Å². The lowest BCUT2D eigenvalue weighted by atomic mass is 9.86. The zero-order chi connectivity index (χ0) is 13.8. The van der Waals surface area contributed by atoms with E-state index in [1.165, 1.54) is 11.1 Å². The Morgan fingerprint density at radius 3 is 2.55 bits per heavy atom. The molecule has 0 atom stereocenters. The van der Waals surface area contributed by atoms with Gasteiger partial charge in [0, 0.05) is 11.6 Å². The second-order valence-corrected chi connectivity index (χ2v) is 5.72. The number of hydrogen-bond donors (Lipinski definition) is 2. The zero-order valence-corrected chi connectivity index (χ0v) is 13.3. The molecule has 2 N–H and O–H groups in total. The quantitative estimate of drug-likeness (QED) is 0.900. The topological polar surface area (TPSA) is 41.1 Å². The van der Waals surface area contributed by atoms with Crippen molar-refractivity contribution in [1.29, 1.82) is 0 Å². The molecule has 1 fully saturated rings. The smallest absolute Gasteiger partial charge is 0.251 e. The Morgan fingerprint density at radius 2 is 1.95 bits per heavy atom. The van der Waals surface area contributed by atoms with Crippen LogP contribution in [0.1, 0.15) is 54.1 Å². The minimum absolute atomic E-state index is 0. The van der Waals surface area contributed by atoms with Crippen molar-refractivity contribution in [2.75, 3.05) is 13.1 Å². The summed E-state index contributed by atoms with van der Waals surface area (Å²) in [5.74, 6) is 0.623. The van der Waals surface area contributed by atoms with E-state index in [-0.39, 0.29) is 24.4 Å². The van der Waals surface area contributed by atoms with Gasteiger partial charge >= 0.3 is 0 Å². The third-order valence-electron chi connectivity index (χ3n) is 3.74. The van der Waals surface area contributed by atoms with Gasteiger partial charge in [0.2, 0.25) is 0 Å². The Kier molecular flexibility index (Phi) is 6.50. The normalized spacial score (nSPS) is 15.8. The van der Waals surface area contributed by atoms with Gasteiger partial charge in [-0.05, 0) is 75.9 Å². The van der Waals surface area contributed by atoms with Crippen LogP contribution in [0.2, 0.25) is 0 Å². The molecule has 0 aromatic heterocycles. The number of nitrogens with one attached hydrogen (secondary N) is 2. The fraction of sp³-hybridized carbons (Fsp3) is 0.562. The molecular formula is C16H25ClN2O. The zero-order valence-electron chi connectivity index (χ0n) is 12.5. The largest absolute Gasteiger partial charge is 0.350 e. The molecule has 1 aliphatic heterocycles. The van der Waals surface area contributed by atoms with Crippen molar-refractivity contribution in [2.24, 2.45) is 0 Å². The molecule has 4 heteroatoms. The first kappa shape index (κ1) is 17.0. The molecule has 0 bridgehead atoms. The highest BCUT2D eigenvalue weighted by Crippen LogP contribution is 2.28. The average molecular weight is 297 g/mol. The van der Waals surface area contributed by atoms with Gasteiger partial charge in [-0.15, -0.1) is 12.4 Å². The van der Waals surface area contributed by atoms with Crippen LogP contribution in [0.5, 0.6) is 0 Å². The number of carbonyl (C=O) groups is 1. The van der Waals surface area contributed by atoms with E-state index in [9.17, 15) is 4.79 Å². The molecule has 0 aliphatic carbocycles. The second-order valence-electron chi connectivity index (χ2n) is 5.72. The van der Waals surface area contributed by atoms with E-state index < -0.39 is 0 Å². The van der Waals surface area contributed by atoms with Gasteiger partial charge in [0.25, 0.3) is 5.91 Å². The Hall–Kier alpha value is -1.06. The van der Waals surface area contributed by atoms with E-state index in [1.807, 2.05) is 19.9 Å². The van der Waals surface area contributed by atoms with Gasteiger partial charge in [0.15, 0.2) is 0 Å². The average Bonchev–Trinajstić information content (AvgIpc) is 2.39. The lowest BCUT2D eigenvalue weighted by Gasteiger charge is -2.25. The fourth-order valence-electron chi connectivity index (χ4n) is 2.70. The monoisotopic (exact) mass is 296 g/mol. The number of benzene rings is 1. The maximum Gasteiger partial charge on any atom is 0.251 e. The molecule has 0 spiro atoms. The van der Waals surface area contributed by atoms with Crippen LogP contribution in [0.15, 0.2) is 18.2 Å². The molecular weight excluding hydrogens is 272 g/mol. The molecule has 1 amide bonds. The predicted octanol–water partition coefficient (Wildman–Crippen LogP) is 3.02. The lowest BCUT2D eigenvalue weighted by molar-refractivity contribution is 0.0943. The SMILES string of the molecule is Cc1ccc(C(=O)NC(C)C)cc1C1CCNCC1.Cl. The highest BCUT2D eigenvalue weighted by atomic mass is 35.5. The summed E-state index contributed by atoms with van der Waals surface area (Å²) in [7, 11) is 0. The van der Waals surface area contributed by atoms with Crippen LogP contribution >= 0.6 is 12.4 Å². The molecule has 0 saturated carbocycles. The number of hydrogen-bond acceptors (Lipinski definition) is 2. The highest BCUT2D eigenvalue weighted by Gasteiger charge is 2.18. The molecule has 1 aromatic carbocycles. The fourth-order valence-corrected chi connectivity index (χ4v) is 2.70. The minimum Gasteiger partial charge on any atom is -0.350 e. The van der Waals surface area contributed by atoms with Crippen LogP contribution in [0.4, 0.5) is 0 Å². The summed E-state index contributed by atoms with van der Waals surface area (Å²) in [4.78, 5) is 12.1. The molecule has 20 heavy (non-hydrogen) atoms. The van der Waals surface area contributed by atoms with E-state index in [0.29, 0.717) is 5.92 Å². The van der Waals surface area contributed by atoms with Crippen LogP contribution in [0, 0.1) is 6.92 Å². The molecule has 1 saturated heterocycles. The Morgan fingerprint density at radius 1 is 1.30 bits per heavy atom. The van der Waals surface area contributed by atoms with E-state index in [0.717, 1.165) is 31.5 Å². The molecule has 0 unspecified atom stereocenters. The van der Waals surface area contributed by atoms with Gasteiger partial charge in [-0.3, -0.25) is 4.79 Å². The summed E-state index contributed by atoms with van der Waals surface area (Å²) >= 11 is 0. The van der Waals surface area contributed by atoms with Gasteiger partial charge in [-0.1, -0.05) is 6.07 Å². The first-order valence-corrected chi connectivity index (χ1v) is 7.20. The summed E-state index contributed by atoms with van der Waals surface area (Å²) in [5.41, 5.74) is 3.43. The van der Waals surface area contributed by atoms with E-state index in [4.69, 9.17) is 0 Å². The van der Waals surface area contributed by atoms with Gasteiger partial charge in [0.05, 0.1) is 0 Å². The summed E-state index contributed by atoms with van der Waals surface area (Å²) in [6.07, 6.45) is 2.33. The summed E-state index contributed by atoms with van der Waals surface area (Å²) in [6, 6.07) is 6.27. The van der Waals surface area contributed by atoms with Crippen molar-refractivity contribution >= 4 is 18.3 Å². The number of carbonyl (C=O) groups excluding carboxylic acids is 1. The number of aryl methyl sites for hydroxylation is 1. The molecule has 2 rings (SSSR count). The van der Waals surface area contributed by atoms with Crippen LogP contribution in [0.3, 0.4) is 0 Å². The van der Waals surface area contributed by atoms with E-state index >= 15 is 0 Å². The van der Waals surface area contributed by atoms with Crippen molar-refractivity contribution in [3.8, 4) is 0 Å².